The molecule has 1 N–H and O–H groups in total. The van der Waals surface area contributed by atoms with Crippen LogP contribution in [0.1, 0.15) is 15.9 Å². The van der Waals surface area contributed by atoms with Crippen molar-refractivity contribution >= 4 is 11.6 Å². The van der Waals surface area contributed by atoms with Gasteiger partial charge in [-0.25, -0.2) is 13.2 Å². The van der Waals surface area contributed by atoms with E-state index in [1.54, 1.807) is 0 Å². The second kappa shape index (κ2) is 5.70. The molecule has 2 nitrogen and oxygen atoms in total. The van der Waals surface area contributed by atoms with E-state index in [-0.39, 0.29) is 0 Å². The van der Waals surface area contributed by atoms with Crippen LogP contribution in [0.5, 0.6) is 0 Å². The van der Waals surface area contributed by atoms with Crippen LogP contribution in [-0.2, 0) is 6.18 Å². The van der Waals surface area contributed by atoms with Crippen molar-refractivity contribution in [2.75, 3.05) is 5.32 Å². The first-order chi connectivity index (χ1) is 10.2. The van der Waals surface area contributed by atoms with E-state index >= 15 is 0 Å². The maximum absolute atomic E-state index is 13.4. The molecule has 0 bridgehead atoms. The average molecular weight is 319 g/mol. The Morgan fingerprint density at radius 3 is 2.27 bits per heavy atom. The zero-order chi connectivity index (χ0) is 16.5. The molecule has 2 aromatic carbocycles. The van der Waals surface area contributed by atoms with Gasteiger partial charge in [-0.05, 0) is 30.3 Å². The lowest BCUT2D eigenvalue weighted by Gasteiger charge is -2.11. The Bertz CT molecular complexity index is 726. The van der Waals surface area contributed by atoms with Crippen molar-refractivity contribution in [1.82, 2.24) is 0 Å². The van der Waals surface area contributed by atoms with Gasteiger partial charge in [-0.15, -0.1) is 0 Å². The molecule has 0 fully saturated rings. The maximum Gasteiger partial charge on any atom is 0.419 e. The van der Waals surface area contributed by atoms with Crippen LogP contribution in [0.4, 0.5) is 32.0 Å². The van der Waals surface area contributed by atoms with Crippen molar-refractivity contribution in [3.05, 3.63) is 65.0 Å². The van der Waals surface area contributed by atoms with Gasteiger partial charge in [0.2, 0.25) is 0 Å². The molecule has 0 heterocycles. The Morgan fingerprint density at radius 1 is 0.955 bits per heavy atom. The first kappa shape index (κ1) is 15.9. The van der Waals surface area contributed by atoms with Gasteiger partial charge in [-0.3, -0.25) is 4.79 Å². The van der Waals surface area contributed by atoms with Crippen molar-refractivity contribution < 1.29 is 31.1 Å². The minimum absolute atomic E-state index is 0.366. The summed E-state index contributed by atoms with van der Waals surface area (Å²) in [7, 11) is 0. The number of carbonyl (C=O) groups is 1. The Balaban J connectivity index is 2.31. The lowest BCUT2D eigenvalue weighted by molar-refractivity contribution is -0.139. The number of halogens is 6. The zero-order valence-electron chi connectivity index (χ0n) is 10.6. The fraction of sp³-hybridized carbons (Fsp3) is 0.0714. The normalized spacial score (nSPS) is 11.4. The van der Waals surface area contributed by atoms with Crippen LogP contribution in [-0.4, -0.2) is 5.91 Å². The van der Waals surface area contributed by atoms with E-state index in [9.17, 15) is 31.1 Å². The average Bonchev–Trinajstić information content (AvgIpc) is 2.42. The van der Waals surface area contributed by atoms with E-state index in [1.165, 1.54) is 0 Å². The van der Waals surface area contributed by atoms with Crippen molar-refractivity contribution in [2.24, 2.45) is 0 Å². The highest BCUT2D eigenvalue weighted by Gasteiger charge is 2.34. The third kappa shape index (κ3) is 3.21. The summed E-state index contributed by atoms with van der Waals surface area (Å²) in [6.45, 7) is 0. The highest BCUT2D eigenvalue weighted by Crippen LogP contribution is 2.33. The molecule has 0 atom stereocenters. The van der Waals surface area contributed by atoms with Crippen LogP contribution in [0.2, 0.25) is 0 Å². The molecule has 0 spiro atoms. The SMILES string of the molecule is O=C(Nc1ccc(F)c(C(F)(F)F)c1)c1cccc(F)c1F. The lowest BCUT2D eigenvalue weighted by atomic mass is 10.1. The van der Waals surface area contributed by atoms with Crippen LogP contribution in [0, 0.1) is 17.5 Å². The molecule has 8 heteroatoms. The Morgan fingerprint density at radius 2 is 1.64 bits per heavy atom. The van der Waals surface area contributed by atoms with Gasteiger partial charge in [0.15, 0.2) is 11.6 Å². The van der Waals surface area contributed by atoms with E-state index in [2.05, 4.69) is 0 Å². The van der Waals surface area contributed by atoms with Crippen LogP contribution in [0.3, 0.4) is 0 Å². The van der Waals surface area contributed by atoms with Crippen LogP contribution in [0.25, 0.3) is 0 Å². The summed E-state index contributed by atoms with van der Waals surface area (Å²) in [5.74, 6) is -5.37. The van der Waals surface area contributed by atoms with Gasteiger partial charge in [0.25, 0.3) is 5.91 Å². The first-order valence-electron chi connectivity index (χ1n) is 5.82. The third-order valence-electron chi connectivity index (χ3n) is 2.73. The monoisotopic (exact) mass is 319 g/mol. The Kier molecular flexibility index (Phi) is 4.11. The number of carbonyl (C=O) groups excluding carboxylic acids is 1. The second-order valence-electron chi connectivity index (χ2n) is 4.25. The van der Waals surface area contributed by atoms with E-state index in [1.807, 2.05) is 5.32 Å². The molecule has 116 valence electrons. The van der Waals surface area contributed by atoms with Crippen LogP contribution in [0.15, 0.2) is 36.4 Å². The number of rotatable bonds is 2. The highest BCUT2D eigenvalue weighted by molar-refractivity contribution is 6.04. The van der Waals surface area contributed by atoms with Gasteiger partial charge in [-0.1, -0.05) is 6.07 Å². The lowest BCUT2D eigenvalue weighted by Crippen LogP contribution is -2.16. The van der Waals surface area contributed by atoms with E-state index < -0.39 is 46.3 Å². The minimum Gasteiger partial charge on any atom is -0.322 e. The fourth-order valence-electron chi connectivity index (χ4n) is 1.70. The summed E-state index contributed by atoms with van der Waals surface area (Å²) in [4.78, 5) is 11.7. The van der Waals surface area contributed by atoms with Crippen LogP contribution < -0.4 is 5.32 Å². The summed E-state index contributed by atoms with van der Waals surface area (Å²) < 4.78 is 77.1. The molecule has 0 aliphatic rings. The molecular weight excluding hydrogens is 312 g/mol. The largest absolute Gasteiger partial charge is 0.419 e. The summed E-state index contributed by atoms with van der Waals surface area (Å²) >= 11 is 0. The molecule has 22 heavy (non-hydrogen) atoms. The van der Waals surface area contributed by atoms with Gasteiger partial charge >= 0.3 is 6.18 Å². The Labute approximate surface area is 120 Å². The molecule has 0 radical (unpaired) electrons. The second-order valence-corrected chi connectivity index (χ2v) is 4.25. The standard InChI is InChI=1S/C14H7F6NO/c15-10-5-4-7(6-9(10)14(18,19)20)21-13(22)8-2-1-3-11(16)12(8)17/h1-6H,(H,21,22). The van der Waals surface area contributed by atoms with E-state index in [0.717, 1.165) is 24.3 Å². The number of nitrogens with one attached hydrogen (secondary N) is 1. The molecule has 0 aliphatic heterocycles. The number of benzene rings is 2. The fourth-order valence-corrected chi connectivity index (χ4v) is 1.70. The minimum atomic E-state index is -4.95. The molecule has 0 saturated carbocycles. The van der Waals surface area contributed by atoms with Gasteiger partial charge in [0.1, 0.15) is 5.82 Å². The molecule has 2 rings (SSSR count). The molecule has 0 aliphatic carbocycles. The molecule has 0 unspecified atom stereocenters. The van der Waals surface area contributed by atoms with E-state index in [4.69, 9.17) is 0 Å². The number of hydrogen-bond donors (Lipinski definition) is 1. The van der Waals surface area contributed by atoms with E-state index in [0.29, 0.717) is 12.1 Å². The van der Waals surface area contributed by atoms with Crippen molar-refractivity contribution in [3.8, 4) is 0 Å². The van der Waals surface area contributed by atoms with Gasteiger partial charge in [0, 0.05) is 5.69 Å². The molecule has 0 aromatic heterocycles. The van der Waals surface area contributed by atoms with Gasteiger partial charge in [0.05, 0.1) is 11.1 Å². The molecule has 2 aromatic rings. The predicted molar refractivity (Wildman–Crippen MR) is 65.7 cm³/mol. The van der Waals surface area contributed by atoms with Gasteiger partial charge in [-0.2, -0.15) is 13.2 Å². The van der Waals surface area contributed by atoms with Gasteiger partial charge < -0.3 is 5.32 Å². The topological polar surface area (TPSA) is 29.1 Å². The maximum atomic E-state index is 13.4. The number of alkyl halides is 3. The number of anilines is 1. The van der Waals surface area contributed by atoms with Crippen molar-refractivity contribution in [3.63, 3.8) is 0 Å². The smallest absolute Gasteiger partial charge is 0.322 e. The summed E-state index contributed by atoms with van der Waals surface area (Å²) in [5.41, 5.74) is -2.66. The van der Waals surface area contributed by atoms with Crippen molar-refractivity contribution in [2.45, 2.75) is 6.18 Å². The zero-order valence-corrected chi connectivity index (χ0v) is 10.6. The molecule has 1 amide bonds. The van der Waals surface area contributed by atoms with Crippen LogP contribution >= 0.6 is 0 Å². The number of hydrogen-bond acceptors (Lipinski definition) is 1. The first-order valence-corrected chi connectivity index (χ1v) is 5.82. The summed E-state index contributed by atoms with van der Waals surface area (Å²) in [5, 5.41) is 1.95. The van der Waals surface area contributed by atoms with Crippen molar-refractivity contribution in [1.29, 1.82) is 0 Å². The molecular formula is C14H7F6NO. The Hall–Kier alpha value is -2.51. The third-order valence-corrected chi connectivity index (χ3v) is 2.73. The quantitative estimate of drug-likeness (QED) is 0.818. The predicted octanol–water partition coefficient (Wildman–Crippen LogP) is 4.38. The summed E-state index contributed by atoms with van der Waals surface area (Å²) in [6.07, 6.45) is -4.95. The molecule has 0 saturated heterocycles. The number of amides is 1. The highest BCUT2D eigenvalue weighted by atomic mass is 19.4. The summed E-state index contributed by atoms with van der Waals surface area (Å²) in [6, 6.07) is 4.57.